The van der Waals surface area contributed by atoms with Gasteiger partial charge in [0.15, 0.2) is 11.5 Å². The van der Waals surface area contributed by atoms with E-state index < -0.39 is 24.3 Å². The Morgan fingerprint density at radius 1 is 0.391 bits per heavy atom. The Hall–Kier alpha value is -15.2. The minimum atomic E-state index is -0.775. The van der Waals surface area contributed by atoms with Crippen LogP contribution in [-0.4, -0.2) is 145 Å². The number of fused-ring (bicyclic) bond motifs is 2. The lowest BCUT2D eigenvalue weighted by molar-refractivity contribution is 0.139. The number of aliphatic hydroxyl groups excluding tert-OH is 2. The summed E-state index contributed by atoms with van der Waals surface area (Å²) in [6, 6.07) is 85.7. The molecular formula is C111H124Cl2N12O13. The summed E-state index contributed by atoms with van der Waals surface area (Å²) in [6.45, 7) is 17.8. The lowest BCUT2D eigenvalue weighted by Crippen LogP contribution is -2.39. The topological polar surface area (TPSA) is 362 Å². The molecule has 7 unspecified atom stereocenters. The van der Waals surface area contributed by atoms with Gasteiger partial charge in [0.25, 0.3) is 0 Å². The van der Waals surface area contributed by atoms with Crippen LogP contribution in [0.15, 0.2) is 291 Å². The molecule has 27 heteroatoms. The lowest BCUT2D eigenvalue weighted by Gasteiger charge is -2.25. The molecule has 1 aliphatic carbocycles. The Bertz CT molecular complexity index is 6210. The number of halogens is 2. The maximum absolute atomic E-state index is 12.6. The summed E-state index contributed by atoms with van der Waals surface area (Å²) in [5.41, 5.74) is 17.7. The first-order valence-electron chi connectivity index (χ1n) is 45.3. The first kappa shape index (κ1) is 106. The molecule has 13 aromatic rings. The first-order valence-corrected chi connectivity index (χ1v) is 46.1. The number of amides is 12. The highest BCUT2D eigenvalue weighted by Gasteiger charge is 2.24. The van der Waals surface area contributed by atoms with Crippen molar-refractivity contribution >= 4 is 104 Å². The molecule has 0 spiro atoms. The largest absolute Gasteiger partial charge is 0.508 e. The summed E-state index contributed by atoms with van der Waals surface area (Å²) in [4.78, 5) is 78.1. The molecule has 0 bridgehead atoms. The molecule has 14 rings (SSSR count). The number of urea groups is 6. The van der Waals surface area contributed by atoms with Crippen LogP contribution in [0, 0.1) is 40.0 Å². The molecule has 0 aromatic heterocycles. The number of phenols is 5. The Morgan fingerprint density at radius 2 is 0.819 bits per heavy atom. The lowest BCUT2D eigenvalue weighted by atomic mass is 10.0. The number of aliphatic hydroxyl groups is 2. The van der Waals surface area contributed by atoms with E-state index in [-0.39, 0.29) is 83.1 Å². The van der Waals surface area contributed by atoms with Gasteiger partial charge < -0.3 is 98.3 Å². The van der Waals surface area contributed by atoms with Gasteiger partial charge in [0.1, 0.15) is 17.2 Å². The fraction of sp³-hybridized carbons (Fsp3) is 0.243. The number of carbonyl (C=O) groups excluding carboxylic acids is 6. The van der Waals surface area contributed by atoms with Crippen LogP contribution in [0.1, 0.15) is 126 Å². The molecular weight excluding hydrogens is 1780 g/mol. The third kappa shape index (κ3) is 34.9. The predicted molar refractivity (Wildman–Crippen MR) is 556 cm³/mol. The number of rotatable bonds is 24. The molecule has 13 aromatic carbocycles. The molecule has 12 amide bonds. The SMILES string of the molecule is C#Cc1cccc(NC(=O)N(C)C(C)Cc2ccc(O)cc2)c1.CC(Cc1ccc(O)cc1)N(C)C(=O)Nc1cccc2ccccc12.Cc1ccc(C(O)C(C)NC(=O)Nc2ccc(C)c(Cl)c2)cc1.Cc1ccc(C(O)C(C)NC(=O)Nc2ccc(Cl)cc2)cc1.Cc1cccc(NC(=O)N(C)C(C)Cc2ccc(O)cc2)c1.O=C(NCCc1ccc(O)c(O)c1)Nc1ccc2c(c1)CCC2. The Morgan fingerprint density at radius 3 is 1.32 bits per heavy atom. The van der Waals surface area contributed by atoms with Crippen LogP contribution >= 0.6 is 23.2 Å². The second-order valence-electron chi connectivity index (χ2n) is 34.2. The minimum Gasteiger partial charge on any atom is -0.508 e. The summed E-state index contributed by atoms with van der Waals surface area (Å²) < 4.78 is 0. The Balaban J connectivity index is 0.000000185. The number of carbonyl (C=O) groups is 6. The Labute approximate surface area is 818 Å². The van der Waals surface area contributed by atoms with Gasteiger partial charge in [-0.05, 0) is 302 Å². The molecule has 1 aliphatic rings. The van der Waals surface area contributed by atoms with E-state index in [0.717, 1.165) is 115 Å². The average molecular weight is 1910 g/mol. The van der Waals surface area contributed by atoms with Crippen LogP contribution in [0.2, 0.25) is 10.0 Å². The van der Waals surface area contributed by atoms with Gasteiger partial charge in [-0.15, -0.1) is 6.42 Å². The quantitative estimate of drug-likeness (QED) is 0.0198. The molecule has 0 saturated heterocycles. The monoisotopic (exact) mass is 1900 g/mol. The van der Waals surface area contributed by atoms with E-state index in [1.165, 1.54) is 29.7 Å². The van der Waals surface area contributed by atoms with Gasteiger partial charge in [-0.1, -0.05) is 198 Å². The van der Waals surface area contributed by atoms with Crippen molar-refractivity contribution in [2.45, 2.75) is 150 Å². The molecule has 138 heavy (non-hydrogen) atoms. The van der Waals surface area contributed by atoms with E-state index in [2.05, 4.69) is 59.8 Å². The highest BCUT2D eigenvalue weighted by atomic mass is 35.5. The highest BCUT2D eigenvalue weighted by Crippen LogP contribution is 2.30. The smallest absolute Gasteiger partial charge is 0.321 e. The van der Waals surface area contributed by atoms with Crippen molar-refractivity contribution in [3.63, 3.8) is 0 Å². The van der Waals surface area contributed by atoms with Crippen molar-refractivity contribution in [1.29, 1.82) is 0 Å². The van der Waals surface area contributed by atoms with Crippen LogP contribution in [0.5, 0.6) is 28.7 Å². The van der Waals surface area contributed by atoms with Crippen molar-refractivity contribution < 1.29 is 64.5 Å². The second kappa shape index (κ2) is 53.2. The molecule has 720 valence electrons. The summed E-state index contributed by atoms with van der Waals surface area (Å²) in [6.07, 6.45) is 9.95. The maximum Gasteiger partial charge on any atom is 0.321 e. The number of aryl methyl sites for hydroxylation is 6. The average Bonchev–Trinajstić information content (AvgIpc) is 1.29. The standard InChI is InChI=1S/C21H22N2O2.C19H20N2O2.C18H21ClN2O2.C18H20N2O3.C18H22N2O2.C17H19ClN2O2/c1-15(14-16-10-12-18(24)13-11-16)23(2)21(25)22-20-9-5-7-17-6-3-4-8-19(17)20;1-4-15-6-5-7-17(13-15)20-19(23)21(3)14(2)12-16-8-10-18(22)11-9-16;1-11-4-7-14(8-5-11)17(22)13(3)20-18(23)21-15-9-6-12(2)16(19)10-15;21-16-7-4-12(10-17(16)22)8-9-19-18(23)20-15-6-5-13-2-1-3-14(13)11-15;1-13-5-4-6-16(11-13)19-18(22)20(3)14(2)12-15-7-9-17(21)10-8-15;1-11-3-5-13(6-4-11)16(21)12(2)19-17(22)20-15-9-7-14(18)8-10-15/h3-13,15,24H,14H2,1-2H3,(H,22,25);1,5-11,13-14,22H,12H2,2-3H3,(H,20,23);4-10,13,17,22H,1-3H3,(H2,20,21,23);4-7,10-11,21-22H,1-3,8-9H2,(H2,19,20,23);4-11,14,21H,12H2,1-3H3,(H,19,22);3-10,12,16,21H,1-2H3,(H2,19,20,22). The number of nitrogens with zero attached hydrogens (tertiary/aromatic N) is 3. The molecule has 16 N–H and O–H groups in total. The number of hydrogen-bond acceptors (Lipinski definition) is 13. The molecule has 7 atom stereocenters. The van der Waals surface area contributed by atoms with E-state index >= 15 is 0 Å². The van der Waals surface area contributed by atoms with E-state index in [1.807, 2.05) is 230 Å². The minimum absolute atomic E-state index is 0.00959. The van der Waals surface area contributed by atoms with Crippen molar-refractivity contribution in [2.24, 2.45) is 0 Å². The third-order valence-electron chi connectivity index (χ3n) is 23.1. The van der Waals surface area contributed by atoms with Crippen molar-refractivity contribution in [1.82, 2.24) is 30.7 Å². The fourth-order valence-corrected chi connectivity index (χ4v) is 14.7. The molecule has 25 nitrogen and oxygen atoms in total. The van der Waals surface area contributed by atoms with E-state index in [4.69, 9.17) is 29.6 Å². The highest BCUT2D eigenvalue weighted by molar-refractivity contribution is 6.31. The summed E-state index contributed by atoms with van der Waals surface area (Å²) >= 11 is 11.8. The number of hydrogen-bond donors (Lipinski definition) is 16. The Kier molecular flexibility index (Phi) is 41.0. The summed E-state index contributed by atoms with van der Waals surface area (Å²) in [5, 5.41) is 95.8. The van der Waals surface area contributed by atoms with E-state index in [9.17, 15) is 64.5 Å². The van der Waals surface area contributed by atoms with Crippen LogP contribution < -0.4 is 47.9 Å². The van der Waals surface area contributed by atoms with E-state index in [1.54, 1.807) is 141 Å². The number of anilines is 6. The maximum atomic E-state index is 12.6. The molecule has 0 fully saturated rings. The number of benzene rings is 13. The predicted octanol–water partition coefficient (Wildman–Crippen LogP) is 22.9. The fourth-order valence-electron chi connectivity index (χ4n) is 14.4. The van der Waals surface area contributed by atoms with E-state index in [0.29, 0.717) is 46.5 Å². The number of nitrogens with one attached hydrogen (secondary N) is 9. The van der Waals surface area contributed by atoms with Crippen LogP contribution in [-0.2, 0) is 38.5 Å². The summed E-state index contributed by atoms with van der Waals surface area (Å²) in [5.74, 6) is 2.99. The molecule has 0 radical (unpaired) electrons. The van der Waals surface area contributed by atoms with Gasteiger partial charge in [0, 0.05) is 95.2 Å². The number of phenolic OH excluding ortho intramolecular Hbond substituents is 5. The second-order valence-corrected chi connectivity index (χ2v) is 35.0. The number of likely N-dealkylation sites (N-methyl/N-ethyl adjacent to an activating group) is 3. The summed E-state index contributed by atoms with van der Waals surface area (Å²) in [7, 11) is 5.34. The zero-order valence-corrected chi connectivity index (χ0v) is 81.2. The number of terminal acetylenes is 1. The number of aromatic hydroxyl groups is 5. The van der Waals surface area contributed by atoms with Gasteiger partial charge >= 0.3 is 36.2 Å². The third-order valence-corrected chi connectivity index (χ3v) is 23.7. The first-order chi connectivity index (χ1) is 65.9. The van der Waals surface area contributed by atoms with Crippen molar-refractivity contribution in [3.05, 3.63) is 374 Å². The van der Waals surface area contributed by atoms with Crippen molar-refractivity contribution in [2.75, 3.05) is 59.6 Å². The zero-order chi connectivity index (χ0) is 100. The van der Waals surface area contributed by atoms with Gasteiger partial charge in [-0.3, -0.25) is 0 Å². The van der Waals surface area contributed by atoms with Crippen LogP contribution in [0.3, 0.4) is 0 Å². The van der Waals surface area contributed by atoms with Gasteiger partial charge in [-0.25, -0.2) is 28.8 Å². The van der Waals surface area contributed by atoms with Crippen LogP contribution in [0.25, 0.3) is 10.8 Å². The van der Waals surface area contributed by atoms with Crippen molar-refractivity contribution in [3.8, 4) is 41.1 Å². The molecule has 0 heterocycles. The normalized spacial score (nSPS) is 12.4. The molecule has 0 aliphatic heterocycles. The van der Waals surface area contributed by atoms with Gasteiger partial charge in [-0.2, -0.15) is 0 Å². The zero-order valence-electron chi connectivity index (χ0n) is 79.7. The molecule has 0 saturated carbocycles. The van der Waals surface area contributed by atoms with Gasteiger partial charge in [0.2, 0.25) is 0 Å². The van der Waals surface area contributed by atoms with Crippen LogP contribution in [0.4, 0.5) is 62.9 Å². The van der Waals surface area contributed by atoms with Gasteiger partial charge in [0.05, 0.1) is 30.0 Å².